The molecule has 0 N–H and O–H groups in total. The molecule has 0 unspecified atom stereocenters. The highest BCUT2D eigenvalue weighted by Crippen LogP contribution is 2.21. The summed E-state index contributed by atoms with van der Waals surface area (Å²) < 4.78 is 30.2. The molecule has 6 heteroatoms. The minimum Gasteiger partial charge on any atom is -0.494 e. The van der Waals surface area contributed by atoms with Gasteiger partial charge < -0.3 is 9.64 Å². The maximum Gasteiger partial charge on any atom is 0.211 e. The summed E-state index contributed by atoms with van der Waals surface area (Å²) in [5.74, 6) is 0.865. The SMILES string of the molecule is CCOc1ccc(N2CCCN(S(C)(=O)=O)CC2)cc1. The summed E-state index contributed by atoms with van der Waals surface area (Å²) in [6.07, 6.45) is 2.12. The van der Waals surface area contributed by atoms with E-state index in [1.54, 1.807) is 4.31 Å². The van der Waals surface area contributed by atoms with Gasteiger partial charge in [-0.05, 0) is 37.6 Å². The summed E-state index contributed by atoms with van der Waals surface area (Å²) in [5, 5.41) is 0. The molecule has 1 saturated heterocycles. The molecule has 5 nitrogen and oxygen atoms in total. The number of hydrogen-bond acceptors (Lipinski definition) is 4. The molecule has 1 aromatic carbocycles. The number of anilines is 1. The van der Waals surface area contributed by atoms with Crippen molar-refractivity contribution >= 4 is 15.7 Å². The maximum atomic E-state index is 11.6. The molecular formula is C14H22N2O3S. The molecule has 0 bridgehead atoms. The van der Waals surface area contributed by atoms with Crippen LogP contribution in [0.2, 0.25) is 0 Å². The summed E-state index contributed by atoms with van der Waals surface area (Å²) in [6, 6.07) is 7.97. The lowest BCUT2D eigenvalue weighted by Gasteiger charge is -2.23. The van der Waals surface area contributed by atoms with Crippen LogP contribution in [0.1, 0.15) is 13.3 Å². The number of nitrogens with zero attached hydrogens (tertiary/aromatic N) is 2. The summed E-state index contributed by atoms with van der Waals surface area (Å²) >= 11 is 0. The van der Waals surface area contributed by atoms with Gasteiger partial charge in [-0.25, -0.2) is 12.7 Å². The van der Waals surface area contributed by atoms with Crippen molar-refractivity contribution in [1.29, 1.82) is 0 Å². The van der Waals surface area contributed by atoms with Crippen LogP contribution >= 0.6 is 0 Å². The minimum absolute atomic E-state index is 0.548. The molecule has 2 rings (SSSR count). The highest BCUT2D eigenvalue weighted by atomic mass is 32.2. The Labute approximate surface area is 121 Å². The number of ether oxygens (including phenoxy) is 1. The highest BCUT2D eigenvalue weighted by Gasteiger charge is 2.21. The summed E-state index contributed by atoms with van der Waals surface area (Å²) in [6.45, 7) is 5.37. The molecule has 0 aliphatic carbocycles. The molecule has 0 atom stereocenters. The van der Waals surface area contributed by atoms with E-state index in [-0.39, 0.29) is 0 Å². The van der Waals surface area contributed by atoms with Crippen LogP contribution in [0.15, 0.2) is 24.3 Å². The average molecular weight is 298 g/mol. The Hall–Kier alpha value is -1.27. The van der Waals surface area contributed by atoms with E-state index < -0.39 is 10.0 Å². The van der Waals surface area contributed by atoms with Crippen molar-refractivity contribution in [3.63, 3.8) is 0 Å². The Bertz CT molecular complexity index is 528. The first kappa shape index (κ1) is 15.1. The van der Waals surface area contributed by atoms with Crippen LogP contribution in [0, 0.1) is 0 Å². The summed E-state index contributed by atoms with van der Waals surface area (Å²) in [5.41, 5.74) is 1.11. The lowest BCUT2D eigenvalue weighted by molar-refractivity contribution is 0.340. The first-order valence-corrected chi connectivity index (χ1v) is 8.78. The quantitative estimate of drug-likeness (QED) is 0.846. The van der Waals surface area contributed by atoms with Crippen LogP contribution in [0.5, 0.6) is 5.75 Å². The minimum atomic E-state index is -3.08. The molecule has 1 heterocycles. The van der Waals surface area contributed by atoms with Crippen molar-refractivity contribution in [2.75, 3.05) is 43.9 Å². The van der Waals surface area contributed by atoms with Gasteiger partial charge in [0.2, 0.25) is 10.0 Å². The van der Waals surface area contributed by atoms with Crippen molar-refractivity contribution in [2.24, 2.45) is 0 Å². The zero-order chi connectivity index (χ0) is 14.6. The molecule has 1 aliphatic heterocycles. The monoisotopic (exact) mass is 298 g/mol. The predicted octanol–water partition coefficient (Wildman–Crippen LogP) is 1.56. The van der Waals surface area contributed by atoms with E-state index in [4.69, 9.17) is 4.74 Å². The third-order valence-corrected chi connectivity index (χ3v) is 4.74. The van der Waals surface area contributed by atoms with Crippen molar-refractivity contribution in [1.82, 2.24) is 4.31 Å². The van der Waals surface area contributed by atoms with E-state index in [9.17, 15) is 8.42 Å². The fraction of sp³-hybridized carbons (Fsp3) is 0.571. The Morgan fingerprint density at radius 2 is 1.80 bits per heavy atom. The van der Waals surface area contributed by atoms with Crippen LogP contribution < -0.4 is 9.64 Å². The Kier molecular flexibility index (Phi) is 4.88. The molecule has 1 aromatic rings. The smallest absolute Gasteiger partial charge is 0.211 e. The summed E-state index contributed by atoms with van der Waals surface area (Å²) in [7, 11) is -3.08. The molecule has 0 amide bonds. The van der Waals surface area contributed by atoms with Crippen molar-refractivity contribution in [3.8, 4) is 5.75 Å². The first-order valence-electron chi connectivity index (χ1n) is 6.93. The van der Waals surface area contributed by atoms with E-state index in [0.29, 0.717) is 19.7 Å². The van der Waals surface area contributed by atoms with Gasteiger partial charge in [0, 0.05) is 31.9 Å². The fourth-order valence-electron chi connectivity index (χ4n) is 2.40. The van der Waals surface area contributed by atoms with Crippen LogP contribution in [-0.4, -0.2) is 51.8 Å². The number of benzene rings is 1. The zero-order valence-corrected chi connectivity index (χ0v) is 12.9. The Morgan fingerprint density at radius 3 is 2.40 bits per heavy atom. The number of sulfonamides is 1. The second-order valence-electron chi connectivity index (χ2n) is 4.93. The van der Waals surface area contributed by atoms with Crippen molar-refractivity contribution in [2.45, 2.75) is 13.3 Å². The number of hydrogen-bond donors (Lipinski definition) is 0. The van der Waals surface area contributed by atoms with Gasteiger partial charge in [0.15, 0.2) is 0 Å². The largest absolute Gasteiger partial charge is 0.494 e. The summed E-state index contributed by atoms with van der Waals surface area (Å²) in [4.78, 5) is 2.22. The van der Waals surface area contributed by atoms with Gasteiger partial charge in [-0.15, -0.1) is 0 Å². The van der Waals surface area contributed by atoms with Gasteiger partial charge in [-0.2, -0.15) is 0 Å². The van der Waals surface area contributed by atoms with E-state index >= 15 is 0 Å². The molecule has 1 fully saturated rings. The Morgan fingerprint density at radius 1 is 1.10 bits per heavy atom. The Balaban J connectivity index is 2.03. The van der Waals surface area contributed by atoms with E-state index in [0.717, 1.165) is 30.9 Å². The topological polar surface area (TPSA) is 49.9 Å². The fourth-order valence-corrected chi connectivity index (χ4v) is 3.28. The first-order chi connectivity index (χ1) is 9.50. The van der Waals surface area contributed by atoms with Gasteiger partial charge in [-0.3, -0.25) is 0 Å². The van der Waals surface area contributed by atoms with Gasteiger partial charge in [-0.1, -0.05) is 0 Å². The molecule has 0 aromatic heterocycles. The van der Waals surface area contributed by atoms with Crippen molar-refractivity contribution in [3.05, 3.63) is 24.3 Å². The van der Waals surface area contributed by atoms with Crippen LogP contribution in [0.25, 0.3) is 0 Å². The molecule has 0 spiro atoms. The van der Waals surface area contributed by atoms with E-state index in [1.165, 1.54) is 6.26 Å². The molecule has 112 valence electrons. The second-order valence-corrected chi connectivity index (χ2v) is 6.91. The van der Waals surface area contributed by atoms with Crippen LogP contribution in [0.4, 0.5) is 5.69 Å². The normalized spacial score (nSPS) is 17.8. The standard InChI is InChI=1S/C14H22N2O3S/c1-3-19-14-7-5-13(6-8-14)15-9-4-10-16(12-11-15)20(2,17)18/h5-8H,3-4,9-12H2,1-2H3. The highest BCUT2D eigenvalue weighted by molar-refractivity contribution is 7.88. The lowest BCUT2D eigenvalue weighted by atomic mass is 10.2. The molecular weight excluding hydrogens is 276 g/mol. The van der Waals surface area contributed by atoms with E-state index in [1.807, 2.05) is 31.2 Å². The van der Waals surface area contributed by atoms with Gasteiger partial charge in [0.05, 0.1) is 12.9 Å². The third-order valence-electron chi connectivity index (χ3n) is 3.44. The average Bonchev–Trinajstić information content (AvgIpc) is 2.65. The molecule has 0 radical (unpaired) electrons. The molecule has 1 aliphatic rings. The lowest BCUT2D eigenvalue weighted by Crippen LogP contribution is -2.34. The third kappa shape index (κ3) is 3.86. The molecule has 0 saturated carbocycles. The van der Waals surface area contributed by atoms with E-state index in [2.05, 4.69) is 4.90 Å². The van der Waals surface area contributed by atoms with Gasteiger partial charge in [0.25, 0.3) is 0 Å². The zero-order valence-electron chi connectivity index (χ0n) is 12.1. The van der Waals surface area contributed by atoms with Gasteiger partial charge in [0.1, 0.15) is 5.75 Å². The van der Waals surface area contributed by atoms with Crippen LogP contribution in [0.3, 0.4) is 0 Å². The van der Waals surface area contributed by atoms with Crippen LogP contribution in [-0.2, 0) is 10.0 Å². The number of rotatable bonds is 4. The second kappa shape index (κ2) is 6.45. The van der Waals surface area contributed by atoms with Gasteiger partial charge >= 0.3 is 0 Å². The van der Waals surface area contributed by atoms with Crippen molar-refractivity contribution < 1.29 is 13.2 Å². The predicted molar refractivity (Wildman–Crippen MR) is 80.9 cm³/mol. The maximum absolute atomic E-state index is 11.6. The molecule has 20 heavy (non-hydrogen) atoms.